The van der Waals surface area contributed by atoms with Gasteiger partial charge in [0, 0.05) is 0 Å². The number of likely N-dealkylation sites (tertiary alicyclic amines) is 1. The highest BCUT2D eigenvalue weighted by atomic mass is 16.3. The molecular formula is C11H18N2O. The Labute approximate surface area is 85.1 Å². The molecule has 0 saturated carbocycles. The average Bonchev–Trinajstić information content (AvgIpc) is 2.72. The molecule has 78 valence electrons. The van der Waals surface area contributed by atoms with Gasteiger partial charge in [0.2, 0.25) is 5.89 Å². The molecule has 1 saturated heterocycles. The highest BCUT2D eigenvalue weighted by Gasteiger charge is 2.18. The summed E-state index contributed by atoms with van der Waals surface area (Å²) >= 11 is 0. The van der Waals surface area contributed by atoms with Crippen molar-refractivity contribution in [3.63, 3.8) is 0 Å². The summed E-state index contributed by atoms with van der Waals surface area (Å²) in [4.78, 5) is 6.57. The van der Waals surface area contributed by atoms with Crippen LogP contribution in [-0.2, 0) is 6.54 Å². The predicted octanol–water partition coefficient (Wildman–Crippen LogP) is 2.30. The molecule has 0 unspecified atom stereocenters. The molecule has 1 aromatic heterocycles. The molecule has 0 spiro atoms. The van der Waals surface area contributed by atoms with Crippen LogP contribution in [0.4, 0.5) is 0 Å². The molecule has 2 heterocycles. The van der Waals surface area contributed by atoms with Crippen molar-refractivity contribution in [3.8, 4) is 0 Å². The van der Waals surface area contributed by atoms with Gasteiger partial charge in [-0.05, 0) is 31.8 Å². The highest BCUT2D eigenvalue weighted by molar-refractivity contribution is 4.81. The number of rotatable bonds is 3. The van der Waals surface area contributed by atoms with E-state index in [0.717, 1.165) is 18.4 Å². The molecule has 0 aliphatic carbocycles. The van der Waals surface area contributed by atoms with Crippen LogP contribution in [0, 0.1) is 5.92 Å². The summed E-state index contributed by atoms with van der Waals surface area (Å²) in [5, 5.41) is 0. The summed E-state index contributed by atoms with van der Waals surface area (Å²) in [7, 11) is 0. The van der Waals surface area contributed by atoms with Crippen molar-refractivity contribution in [1.29, 1.82) is 0 Å². The van der Waals surface area contributed by atoms with E-state index in [0.29, 0.717) is 0 Å². The molecule has 0 radical (unpaired) electrons. The molecular weight excluding hydrogens is 176 g/mol. The minimum atomic E-state index is 0.847. The van der Waals surface area contributed by atoms with Gasteiger partial charge in [-0.2, -0.15) is 0 Å². The number of aromatic nitrogens is 1. The van der Waals surface area contributed by atoms with Gasteiger partial charge in [-0.3, -0.25) is 4.90 Å². The normalized spacial score (nSPS) is 20.1. The lowest BCUT2D eigenvalue weighted by Crippen LogP contribution is -2.33. The van der Waals surface area contributed by atoms with E-state index >= 15 is 0 Å². The predicted molar refractivity (Wildman–Crippen MR) is 54.8 cm³/mol. The molecule has 2 rings (SSSR count). The SMILES string of the molecule is CCC1CCN(Cc2ncco2)CC1. The summed E-state index contributed by atoms with van der Waals surface area (Å²) in [5.74, 6) is 1.79. The third-order valence-electron chi connectivity index (χ3n) is 3.13. The second kappa shape index (κ2) is 4.60. The van der Waals surface area contributed by atoms with Crippen molar-refractivity contribution in [3.05, 3.63) is 18.4 Å². The monoisotopic (exact) mass is 194 g/mol. The molecule has 1 fully saturated rings. The summed E-state index contributed by atoms with van der Waals surface area (Å²) in [6.45, 7) is 5.56. The zero-order valence-electron chi connectivity index (χ0n) is 8.78. The highest BCUT2D eigenvalue weighted by Crippen LogP contribution is 2.20. The molecule has 1 aliphatic heterocycles. The summed E-state index contributed by atoms with van der Waals surface area (Å²) in [5.41, 5.74) is 0. The maximum atomic E-state index is 5.24. The van der Waals surface area contributed by atoms with Gasteiger partial charge >= 0.3 is 0 Å². The Morgan fingerprint density at radius 2 is 2.29 bits per heavy atom. The van der Waals surface area contributed by atoms with Crippen LogP contribution >= 0.6 is 0 Å². The Hall–Kier alpha value is -0.830. The number of piperidine rings is 1. The molecule has 0 amide bonds. The molecule has 0 aromatic carbocycles. The fourth-order valence-electron chi connectivity index (χ4n) is 2.08. The lowest BCUT2D eigenvalue weighted by atomic mass is 9.94. The Kier molecular flexibility index (Phi) is 3.19. The van der Waals surface area contributed by atoms with E-state index in [1.54, 1.807) is 12.5 Å². The van der Waals surface area contributed by atoms with Crippen molar-refractivity contribution < 1.29 is 4.42 Å². The van der Waals surface area contributed by atoms with Gasteiger partial charge in [-0.1, -0.05) is 13.3 Å². The molecule has 14 heavy (non-hydrogen) atoms. The standard InChI is InChI=1S/C11H18N2O/c1-2-10-3-6-13(7-4-10)9-11-12-5-8-14-11/h5,8,10H,2-4,6-7,9H2,1H3. The van der Waals surface area contributed by atoms with Crippen LogP contribution < -0.4 is 0 Å². The molecule has 0 N–H and O–H groups in total. The molecule has 3 nitrogen and oxygen atoms in total. The number of nitrogens with zero attached hydrogens (tertiary/aromatic N) is 2. The molecule has 1 aliphatic rings. The summed E-state index contributed by atoms with van der Waals surface area (Å²) in [6.07, 6.45) is 7.35. The van der Waals surface area contributed by atoms with E-state index in [-0.39, 0.29) is 0 Å². The van der Waals surface area contributed by atoms with Crippen molar-refractivity contribution in [2.75, 3.05) is 13.1 Å². The van der Waals surface area contributed by atoms with Gasteiger partial charge in [0.05, 0.1) is 12.7 Å². The van der Waals surface area contributed by atoms with E-state index in [2.05, 4.69) is 16.8 Å². The molecule has 3 heteroatoms. The van der Waals surface area contributed by atoms with Crippen molar-refractivity contribution >= 4 is 0 Å². The third-order valence-corrected chi connectivity index (χ3v) is 3.13. The second-order valence-electron chi connectivity index (χ2n) is 4.05. The van der Waals surface area contributed by atoms with Gasteiger partial charge in [-0.15, -0.1) is 0 Å². The summed E-state index contributed by atoms with van der Waals surface area (Å²) in [6, 6.07) is 0. The third kappa shape index (κ3) is 2.35. The topological polar surface area (TPSA) is 29.3 Å². The van der Waals surface area contributed by atoms with E-state index in [9.17, 15) is 0 Å². The van der Waals surface area contributed by atoms with Gasteiger partial charge < -0.3 is 4.42 Å². The van der Waals surface area contributed by atoms with Crippen molar-refractivity contribution in [2.45, 2.75) is 32.7 Å². The fraction of sp³-hybridized carbons (Fsp3) is 0.727. The zero-order valence-corrected chi connectivity index (χ0v) is 8.78. The Morgan fingerprint density at radius 3 is 2.86 bits per heavy atom. The first-order valence-corrected chi connectivity index (χ1v) is 5.49. The number of hydrogen-bond donors (Lipinski definition) is 0. The van der Waals surface area contributed by atoms with E-state index in [4.69, 9.17) is 4.42 Å². The molecule has 0 bridgehead atoms. The first kappa shape index (κ1) is 9.71. The number of oxazole rings is 1. The van der Waals surface area contributed by atoms with E-state index in [1.807, 2.05) is 0 Å². The lowest BCUT2D eigenvalue weighted by Gasteiger charge is -2.30. The van der Waals surface area contributed by atoms with E-state index < -0.39 is 0 Å². The number of hydrogen-bond acceptors (Lipinski definition) is 3. The minimum absolute atomic E-state index is 0.847. The van der Waals surface area contributed by atoms with E-state index in [1.165, 1.54) is 32.4 Å². The fourth-order valence-corrected chi connectivity index (χ4v) is 2.08. The Balaban J connectivity index is 1.79. The maximum Gasteiger partial charge on any atom is 0.208 e. The van der Waals surface area contributed by atoms with Crippen LogP contribution in [0.25, 0.3) is 0 Å². The molecule has 0 atom stereocenters. The van der Waals surface area contributed by atoms with Crippen LogP contribution in [0.15, 0.2) is 16.9 Å². The Bertz CT molecular complexity index is 250. The van der Waals surface area contributed by atoms with Gasteiger partial charge in [-0.25, -0.2) is 4.98 Å². The van der Waals surface area contributed by atoms with Crippen molar-refractivity contribution in [1.82, 2.24) is 9.88 Å². The van der Waals surface area contributed by atoms with Crippen LogP contribution in [0.1, 0.15) is 32.1 Å². The van der Waals surface area contributed by atoms with Gasteiger partial charge in [0.1, 0.15) is 6.26 Å². The largest absolute Gasteiger partial charge is 0.448 e. The minimum Gasteiger partial charge on any atom is -0.448 e. The first-order chi connectivity index (χ1) is 6.88. The van der Waals surface area contributed by atoms with Crippen LogP contribution in [0.2, 0.25) is 0 Å². The Morgan fingerprint density at radius 1 is 1.50 bits per heavy atom. The smallest absolute Gasteiger partial charge is 0.208 e. The quantitative estimate of drug-likeness (QED) is 0.739. The van der Waals surface area contributed by atoms with Crippen LogP contribution in [0.5, 0.6) is 0 Å². The summed E-state index contributed by atoms with van der Waals surface area (Å²) < 4.78 is 5.24. The van der Waals surface area contributed by atoms with Gasteiger partial charge in [0.25, 0.3) is 0 Å². The lowest BCUT2D eigenvalue weighted by molar-refractivity contribution is 0.162. The van der Waals surface area contributed by atoms with Crippen LogP contribution in [-0.4, -0.2) is 23.0 Å². The maximum absolute atomic E-state index is 5.24. The van der Waals surface area contributed by atoms with Crippen LogP contribution in [0.3, 0.4) is 0 Å². The second-order valence-corrected chi connectivity index (χ2v) is 4.05. The zero-order chi connectivity index (χ0) is 9.80. The first-order valence-electron chi connectivity index (χ1n) is 5.49. The van der Waals surface area contributed by atoms with Crippen molar-refractivity contribution in [2.24, 2.45) is 5.92 Å². The van der Waals surface area contributed by atoms with Gasteiger partial charge in [0.15, 0.2) is 0 Å². The average molecular weight is 194 g/mol. The molecule has 1 aromatic rings.